The summed E-state index contributed by atoms with van der Waals surface area (Å²) in [6.07, 6.45) is 0.279. The number of fused-ring (bicyclic) bond motifs is 1. The minimum atomic E-state index is -4.08. The molecule has 3 unspecified atom stereocenters. The molecule has 1 aromatic heterocycles. The van der Waals surface area contributed by atoms with Crippen LogP contribution < -0.4 is 0 Å². The molecule has 2 aromatic carbocycles. The van der Waals surface area contributed by atoms with E-state index in [9.17, 15) is 18.2 Å². The van der Waals surface area contributed by atoms with Crippen molar-refractivity contribution in [1.29, 1.82) is 0 Å². The lowest BCUT2D eigenvalue weighted by molar-refractivity contribution is 0.180. The molecule has 3 nitrogen and oxygen atoms in total. The normalized spacial score (nSPS) is 16.1. The lowest BCUT2D eigenvalue weighted by atomic mass is 10.0. The first-order chi connectivity index (χ1) is 13.2. The van der Waals surface area contributed by atoms with Crippen LogP contribution in [0.15, 0.2) is 42.5 Å². The third-order valence-electron chi connectivity index (χ3n) is 4.90. The van der Waals surface area contributed by atoms with Gasteiger partial charge in [0.15, 0.2) is 11.6 Å². The SMILES string of the molecule is CCC(C)OP(=O)(O)C(Cc1ccc(F)c(F)c1)c1sc2ccccc2c1C. The Morgan fingerprint density at radius 3 is 2.54 bits per heavy atom. The van der Waals surface area contributed by atoms with Crippen LogP contribution in [0, 0.1) is 18.6 Å². The fraction of sp³-hybridized carbons (Fsp3) is 0.333. The van der Waals surface area contributed by atoms with Gasteiger partial charge >= 0.3 is 7.60 Å². The van der Waals surface area contributed by atoms with Crippen LogP contribution in [0.25, 0.3) is 10.1 Å². The Hall–Kier alpha value is -1.59. The molecular formula is C21H23F2O3PS. The van der Waals surface area contributed by atoms with E-state index in [2.05, 4.69) is 0 Å². The standard InChI is InChI=1S/C21H23F2O3PS/c1-4-13(2)26-27(24,25)19(12-15-9-10-17(22)18(23)11-15)21-14(3)16-7-5-6-8-20(16)28-21/h5-11,13,19H,4,12H2,1-3H3,(H,24,25). The van der Waals surface area contributed by atoms with Crippen LogP contribution in [0.1, 0.15) is 41.9 Å². The Morgan fingerprint density at radius 1 is 1.18 bits per heavy atom. The highest BCUT2D eigenvalue weighted by Crippen LogP contribution is 2.61. The Balaban J connectivity index is 2.08. The van der Waals surface area contributed by atoms with Gasteiger partial charge in [-0.15, -0.1) is 11.3 Å². The minimum Gasteiger partial charge on any atom is -0.324 e. The van der Waals surface area contributed by atoms with Crippen molar-refractivity contribution in [2.24, 2.45) is 0 Å². The van der Waals surface area contributed by atoms with E-state index in [-0.39, 0.29) is 6.42 Å². The van der Waals surface area contributed by atoms with Crippen molar-refractivity contribution in [2.45, 2.75) is 45.4 Å². The van der Waals surface area contributed by atoms with Crippen molar-refractivity contribution in [3.63, 3.8) is 0 Å². The molecule has 3 aromatic rings. The van der Waals surface area contributed by atoms with Gasteiger partial charge < -0.3 is 9.42 Å². The van der Waals surface area contributed by atoms with Crippen molar-refractivity contribution in [3.8, 4) is 0 Å². The fourth-order valence-corrected chi connectivity index (χ4v) is 6.66. The summed E-state index contributed by atoms with van der Waals surface area (Å²) >= 11 is 1.44. The highest BCUT2D eigenvalue weighted by atomic mass is 32.1. The topological polar surface area (TPSA) is 46.5 Å². The number of hydrogen-bond acceptors (Lipinski definition) is 3. The summed E-state index contributed by atoms with van der Waals surface area (Å²) in [7, 11) is -4.08. The van der Waals surface area contributed by atoms with Gasteiger partial charge in [-0.05, 0) is 61.4 Å². The van der Waals surface area contributed by atoms with Crippen LogP contribution in [0.5, 0.6) is 0 Å². The zero-order chi connectivity index (χ0) is 20.5. The molecule has 0 spiro atoms. The van der Waals surface area contributed by atoms with E-state index >= 15 is 0 Å². The van der Waals surface area contributed by atoms with Crippen LogP contribution in [-0.4, -0.2) is 11.0 Å². The second kappa shape index (κ2) is 8.42. The molecular weight excluding hydrogens is 401 g/mol. The molecule has 1 heterocycles. The first-order valence-electron chi connectivity index (χ1n) is 9.15. The Morgan fingerprint density at radius 2 is 1.89 bits per heavy atom. The number of benzene rings is 2. The summed E-state index contributed by atoms with van der Waals surface area (Å²) in [4.78, 5) is 11.6. The lowest BCUT2D eigenvalue weighted by Gasteiger charge is -2.25. The molecule has 0 radical (unpaired) electrons. The average Bonchev–Trinajstić information content (AvgIpc) is 2.98. The molecule has 28 heavy (non-hydrogen) atoms. The van der Waals surface area contributed by atoms with Gasteiger partial charge in [0.05, 0.1) is 11.8 Å². The van der Waals surface area contributed by atoms with Gasteiger partial charge in [0, 0.05) is 9.58 Å². The van der Waals surface area contributed by atoms with Crippen molar-refractivity contribution < 1.29 is 22.8 Å². The molecule has 0 bridgehead atoms. The Kier molecular flexibility index (Phi) is 6.35. The van der Waals surface area contributed by atoms with Gasteiger partial charge in [0.1, 0.15) is 0 Å². The van der Waals surface area contributed by atoms with Crippen LogP contribution >= 0.6 is 18.9 Å². The second-order valence-electron chi connectivity index (χ2n) is 6.94. The molecule has 0 fully saturated rings. The van der Waals surface area contributed by atoms with E-state index in [1.807, 2.05) is 38.1 Å². The number of rotatable bonds is 7. The molecule has 0 saturated carbocycles. The van der Waals surface area contributed by atoms with Crippen LogP contribution in [0.4, 0.5) is 8.78 Å². The summed E-state index contributed by atoms with van der Waals surface area (Å²) in [5.41, 5.74) is 0.502. The molecule has 0 aliphatic heterocycles. The maximum atomic E-state index is 13.7. The van der Waals surface area contributed by atoms with E-state index in [4.69, 9.17) is 4.52 Å². The zero-order valence-corrected chi connectivity index (χ0v) is 17.7. The molecule has 0 aliphatic rings. The molecule has 0 amide bonds. The highest BCUT2D eigenvalue weighted by molar-refractivity contribution is 7.53. The van der Waals surface area contributed by atoms with Crippen molar-refractivity contribution in [3.05, 3.63) is 70.1 Å². The molecule has 0 saturated heterocycles. The molecule has 1 N–H and O–H groups in total. The maximum Gasteiger partial charge on any atom is 0.336 e. The minimum absolute atomic E-state index is 0.0784. The molecule has 150 valence electrons. The molecule has 3 rings (SSSR count). The van der Waals surface area contributed by atoms with Gasteiger partial charge in [0.25, 0.3) is 0 Å². The molecule has 7 heteroatoms. The van der Waals surface area contributed by atoms with Gasteiger partial charge in [0.2, 0.25) is 0 Å². The van der Waals surface area contributed by atoms with Crippen molar-refractivity contribution >= 4 is 29.0 Å². The molecule has 0 aliphatic carbocycles. The highest BCUT2D eigenvalue weighted by Gasteiger charge is 2.38. The van der Waals surface area contributed by atoms with Crippen molar-refractivity contribution in [1.82, 2.24) is 0 Å². The summed E-state index contributed by atoms with van der Waals surface area (Å²) in [5.74, 6) is -1.92. The first-order valence-corrected chi connectivity index (χ1v) is 11.6. The van der Waals surface area contributed by atoms with E-state index in [0.717, 1.165) is 32.7 Å². The summed E-state index contributed by atoms with van der Waals surface area (Å²) < 4.78 is 46.8. The predicted molar refractivity (Wildman–Crippen MR) is 110 cm³/mol. The number of thiophene rings is 1. The number of hydrogen-bond donors (Lipinski definition) is 1. The second-order valence-corrected chi connectivity index (χ2v) is 9.99. The summed E-state index contributed by atoms with van der Waals surface area (Å²) in [6, 6.07) is 11.3. The summed E-state index contributed by atoms with van der Waals surface area (Å²) in [5, 5.41) is 1.02. The van der Waals surface area contributed by atoms with Crippen LogP contribution in [-0.2, 0) is 15.5 Å². The van der Waals surface area contributed by atoms with Gasteiger partial charge in [-0.1, -0.05) is 31.2 Å². The number of halogens is 2. The number of aryl methyl sites for hydroxylation is 1. The third kappa shape index (κ3) is 4.36. The van der Waals surface area contributed by atoms with E-state index in [1.165, 1.54) is 17.4 Å². The van der Waals surface area contributed by atoms with Crippen LogP contribution in [0.3, 0.4) is 0 Å². The van der Waals surface area contributed by atoms with Gasteiger partial charge in [-0.25, -0.2) is 8.78 Å². The Bertz CT molecular complexity index is 1030. The predicted octanol–water partition coefficient (Wildman–Crippen LogP) is 6.77. The first kappa shape index (κ1) is 21.1. The van der Waals surface area contributed by atoms with E-state index < -0.39 is 31.0 Å². The van der Waals surface area contributed by atoms with Crippen molar-refractivity contribution in [2.75, 3.05) is 0 Å². The zero-order valence-electron chi connectivity index (χ0n) is 16.0. The third-order valence-corrected chi connectivity index (χ3v) is 8.35. The summed E-state index contributed by atoms with van der Waals surface area (Å²) in [6.45, 7) is 5.53. The Labute approximate surface area is 167 Å². The smallest absolute Gasteiger partial charge is 0.324 e. The maximum absolute atomic E-state index is 13.7. The van der Waals surface area contributed by atoms with E-state index in [1.54, 1.807) is 6.92 Å². The quantitative estimate of drug-likeness (QED) is 0.426. The van der Waals surface area contributed by atoms with Crippen LogP contribution in [0.2, 0.25) is 0 Å². The van der Waals surface area contributed by atoms with Gasteiger partial charge in [-0.2, -0.15) is 0 Å². The fourth-order valence-electron chi connectivity index (χ4n) is 3.16. The lowest BCUT2D eigenvalue weighted by Crippen LogP contribution is -2.12. The monoisotopic (exact) mass is 424 g/mol. The van der Waals surface area contributed by atoms with E-state index in [0.29, 0.717) is 12.0 Å². The van der Waals surface area contributed by atoms with Gasteiger partial charge in [-0.3, -0.25) is 4.57 Å². The largest absolute Gasteiger partial charge is 0.336 e. The molecule has 3 atom stereocenters. The average molecular weight is 424 g/mol.